The zero-order valence-electron chi connectivity index (χ0n) is 21.5. The number of hydrogen-bond donors (Lipinski definition) is 0. The number of rotatable bonds is 5. The highest BCUT2D eigenvalue weighted by Gasteiger charge is 2.67. The number of fused-ring (bicyclic) bond motifs is 1. The van der Waals surface area contributed by atoms with Crippen LogP contribution in [0.4, 0.5) is 0 Å². The molecule has 1 spiro atoms. The molecule has 0 bridgehead atoms. The molecule has 4 nitrogen and oxygen atoms in total. The Balaban J connectivity index is 1.60. The molecular formula is C35H25ClO4. The second-order valence-corrected chi connectivity index (χ2v) is 10.8. The maximum atomic E-state index is 14.6. The van der Waals surface area contributed by atoms with Crippen LogP contribution in [-0.2, 0) is 9.59 Å². The number of carbonyl (C=O) groups excluding carboxylic acids is 4. The Bertz CT molecular complexity index is 1640. The lowest BCUT2D eigenvalue weighted by Crippen LogP contribution is -2.55. The van der Waals surface area contributed by atoms with Crippen molar-refractivity contribution in [1.29, 1.82) is 0 Å². The second-order valence-electron chi connectivity index (χ2n) is 10.4. The Morgan fingerprint density at radius 1 is 0.725 bits per heavy atom. The van der Waals surface area contributed by atoms with Crippen LogP contribution >= 0.6 is 11.6 Å². The van der Waals surface area contributed by atoms with Crippen LogP contribution in [0.15, 0.2) is 115 Å². The van der Waals surface area contributed by atoms with Gasteiger partial charge in [0.2, 0.25) is 0 Å². The average Bonchev–Trinajstić information content (AvgIpc) is 3.20. The maximum absolute atomic E-state index is 14.6. The van der Waals surface area contributed by atoms with Gasteiger partial charge in [0.25, 0.3) is 0 Å². The van der Waals surface area contributed by atoms with Crippen molar-refractivity contribution >= 4 is 40.8 Å². The molecule has 4 aromatic rings. The van der Waals surface area contributed by atoms with Crippen molar-refractivity contribution in [2.45, 2.75) is 18.3 Å². The van der Waals surface area contributed by atoms with Crippen LogP contribution in [0, 0.1) is 11.3 Å². The van der Waals surface area contributed by atoms with Crippen LogP contribution in [0.5, 0.6) is 0 Å². The van der Waals surface area contributed by atoms with E-state index in [1.807, 2.05) is 60.7 Å². The summed E-state index contributed by atoms with van der Waals surface area (Å²) in [7, 11) is 0. The van der Waals surface area contributed by atoms with Gasteiger partial charge < -0.3 is 0 Å². The molecule has 4 aromatic carbocycles. The summed E-state index contributed by atoms with van der Waals surface area (Å²) in [6, 6.07) is 32.1. The van der Waals surface area contributed by atoms with Gasteiger partial charge >= 0.3 is 0 Å². The standard InChI is InChI=1S/C35H25ClO4/c36-25-15-9-14-24(20-25)32-31(29(37)19-18-22-10-3-1-4-11-22)30(38)21-28(23-12-5-2-6-13-23)35(32)33(39)26-16-7-8-17-27(26)34(35)40/h1-20,28,31-32H,21H2/b19-18+. The van der Waals surface area contributed by atoms with Crippen molar-refractivity contribution in [3.8, 4) is 0 Å². The van der Waals surface area contributed by atoms with Crippen molar-refractivity contribution in [3.05, 3.63) is 148 Å². The van der Waals surface area contributed by atoms with Gasteiger partial charge in [-0.3, -0.25) is 19.2 Å². The zero-order chi connectivity index (χ0) is 27.9. The molecule has 40 heavy (non-hydrogen) atoms. The minimum absolute atomic E-state index is 0.109. The van der Waals surface area contributed by atoms with Gasteiger partial charge in [-0.05, 0) is 34.9 Å². The fourth-order valence-corrected chi connectivity index (χ4v) is 6.77. The first-order valence-corrected chi connectivity index (χ1v) is 13.6. The zero-order valence-corrected chi connectivity index (χ0v) is 22.3. The van der Waals surface area contributed by atoms with E-state index in [1.54, 1.807) is 54.6 Å². The summed E-state index contributed by atoms with van der Waals surface area (Å²) in [5.41, 5.74) is 0.979. The van der Waals surface area contributed by atoms with Gasteiger partial charge in [-0.2, -0.15) is 0 Å². The van der Waals surface area contributed by atoms with E-state index in [-0.39, 0.29) is 23.8 Å². The number of allylic oxidation sites excluding steroid dienone is 1. The van der Waals surface area contributed by atoms with E-state index in [2.05, 4.69) is 0 Å². The summed E-state index contributed by atoms with van der Waals surface area (Å²) >= 11 is 6.43. The number of halogens is 1. The van der Waals surface area contributed by atoms with Gasteiger partial charge in [0, 0.05) is 34.4 Å². The first kappa shape index (κ1) is 25.8. The summed E-state index contributed by atoms with van der Waals surface area (Å²) in [4.78, 5) is 57.2. The summed E-state index contributed by atoms with van der Waals surface area (Å²) in [5, 5.41) is 0.392. The second kappa shape index (κ2) is 10.3. The predicted octanol–water partition coefficient (Wildman–Crippen LogP) is 7.14. The molecule has 0 aromatic heterocycles. The van der Waals surface area contributed by atoms with Crippen molar-refractivity contribution in [2.75, 3.05) is 0 Å². The van der Waals surface area contributed by atoms with Crippen LogP contribution in [0.1, 0.15) is 55.7 Å². The number of hydrogen-bond acceptors (Lipinski definition) is 4. The van der Waals surface area contributed by atoms with Crippen LogP contribution in [0.2, 0.25) is 5.02 Å². The minimum Gasteiger partial charge on any atom is -0.299 e. The number of ketones is 4. The van der Waals surface area contributed by atoms with Gasteiger partial charge in [0.1, 0.15) is 11.2 Å². The first-order chi connectivity index (χ1) is 19.4. The van der Waals surface area contributed by atoms with Crippen LogP contribution < -0.4 is 0 Å². The normalized spacial score (nSPS) is 21.6. The minimum atomic E-state index is -1.69. The fourth-order valence-electron chi connectivity index (χ4n) is 6.57. The summed E-state index contributed by atoms with van der Waals surface area (Å²) in [6.07, 6.45) is 2.94. The number of carbonyl (C=O) groups is 4. The highest BCUT2D eigenvalue weighted by atomic mass is 35.5. The third kappa shape index (κ3) is 4.07. The Morgan fingerprint density at radius 2 is 1.30 bits per heavy atom. The van der Waals surface area contributed by atoms with E-state index in [0.29, 0.717) is 27.3 Å². The quantitative estimate of drug-likeness (QED) is 0.198. The molecule has 196 valence electrons. The van der Waals surface area contributed by atoms with Gasteiger partial charge in [-0.15, -0.1) is 0 Å². The topological polar surface area (TPSA) is 68.3 Å². The van der Waals surface area contributed by atoms with Crippen molar-refractivity contribution < 1.29 is 19.2 Å². The molecule has 0 amide bonds. The van der Waals surface area contributed by atoms with Crippen LogP contribution in [0.25, 0.3) is 6.08 Å². The molecule has 2 aliphatic rings. The van der Waals surface area contributed by atoms with Gasteiger partial charge in [-0.1, -0.05) is 115 Å². The first-order valence-electron chi connectivity index (χ1n) is 13.2. The van der Waals surface area contributed by atoms with E-state index in [1.165, 1.54) is 6.08 Å². The van der Waals surface area contributed by atoms with Crippen molar-refractivity contribution in [1.82, 2.24) is 0 Å². The third-order valence-corrected chi connectivity index (χ3v) is 8.48. The Labute approximate surface area is 237 Å². The average molecular weight is 545 g/mol. The third-order valence-electron chi connectivity index (χ3n) is 8.25. The lowest BCUT2D eigenvalue weighted by atomic mass is 9.50. The molecule has 3 unspecified atom stereocenters. The molecular weight excluding hydrogens is 520 g/mol. The predicted molar refractivity (Wildman–Crippen MR) is 155 cm³/mol. The SMILES string of the molecule is O=C(/C=C/c1ccccc1)C1C(=O)CC(c2ccccc2)C2(C(=O)c3ccccc3C2=O)C1c1cccc(Cl)c1. The summed E-state index contributed by atoms with van der Waals surface area (Å²) < 4.78 is 0. The van der Waals surface area contributed by atoms with Crippen LogP contribution in [0.3, 0.4) is 0 Å². The molecule has 6 rings (SSSR count). The molecule has 1 fully saturated rings. The summed E-state index contributed by atoms with van der Waals surface area (Å²) in [5.74, 6) is -4.49. The van der Waals surface area contributed by atoms with Crippen molar-refractivity contribution in [2.24, 2.45) is 11.3 Å². The molecule has 3 atom stereocenters. The van der Waals surface area contributed by atoms with E-state index in [4.69, 9.17) is 11.6 Å². The summed E-state index contributed by atoms with van der Waals surface area (Å²) in [6.45, 7) is 0. The Kier molecular flexibility index (Phi) is 6.65. The molecule has 0 N–H and O–H groups in total. The molecule has 1 saturated carbocycles. The monoisotopic (exact) mass is 544 g/mol. The molecule has 5 heteroatoms. The van der Waals surface area contributed by atoms with E-state index < -0.39 is 29.0 Å². The smallest absolute Gasteiger partial charge is 0.178 e. The van der Waals surface area contributed by atoms with E-state index >= 15 is 0 Å². The van der Waals surface area contributed by atoms with Gasteiger partial charge in [0.05, 0.1) is 5.92 Å². The highest BCUT2D eigenvalue weighted by molar-refractivity contribution is 6.32. The molecule has 0 radical (unpaired) electrons. The van der Waals surface area contributed by atoms with Crippen molar-refractivity contribution in [3.63, 3.8) is 0 Å². The van der Waals surface area contributed by atoms with Gasteiger partial charge in [-0.25, -0.2) is 0 Å². The van der Waals surface area contributed by atoms with Gasteiger partial charge in [0.15, 0.2) is 17.3 Å². The molecule has 0 heterocycles. The molecule has 2 aliphatic carbocycles. The Hall–Kier alpha value is -4.41. The largest absolute Gasteiger partial charge is 0.299 e. The Morgan fingerprint density at radius 3 is 1.93 bits per heavy atom. The molecule has 0 saturated heterocycles. The fraction of sp³-hybridized carbons (Fsp3) is 0.143. The van der Waals surface area contributed by atoms with E-state index in [0.717, 1.165) is 5.56 Å². The lowest BCUT2D eigenvalue weighted by Gasteiger charge is -2.48. The van der Waals surface area contributed by atoms with E-state index in [9.17, 15) is 19.2 Å². The number of Topliss-reactive ketones (excluding diaryl/α,β-unsaturated/α-hetero) is 3. The molecule has 0 aliphatic heterocycles. The maximum Gasteiger partial charge on any atom is 0.178 e. The van der Waals surface area contributed by atoms with Crippen LogP contribution in [-0.4, -0.2) is 23.1 Å². The highest BCUT2D eigenvalue weighted by Crippen LogP contribution is 2.62. The lowest BCUT2D eigenvalue weighted by molar-refractivity contribution is -0.135. The number of benzene rings is 4.